The summed E-state index contributed by atoms with van der Waals surface area (Å²) in [6.45, 7) is 4.56. The van der Waals surface area contributed by atoms with Gasteiger partial charge in [0.2, 0.25) is 0 Å². The molecule has 1 aromatic carbocycles. The molecule has 2 fully saturated rings. The molecule has 2 unspecified atom stereocenters. The van der Waals surface area contributed by atoms with Crippen LogP contribution in [0.3, 0.4) is 0 Å². The van der Waals surface area contributed by atoms with Crippen molar-refractivity contribution in [2.75, 3.05) is 11.9 Å². The Hall–Kier alpha value is -2.60. The minimum Gasteiger partial charge on any atom is -0.361 e. The first-order valence-electron chi connectivity index (χ1n) is 9.46. The predicted octanol–water partition coefficient (Wildman–Crippen LogP) is 3.43. The van der Waals surface area contributed by atoms with Crippen LogP contribution in [0.25, 0.3) is 0 Å². The summed E-state index contributed by atoms with van der Waals surface area (Å²) in [7, 11) is 2.09. The normalized spacial score (nSPS) is 22.6. The topological polar surface area (TPSA) is 59.6 Å². The molecular weight excluding hydrogens is 340 g/mol. The van der Waals surface area contributed by atoms with Crippen LogP contribution in [-0.4, -0.2) is 34.3 Å². The summed E-state index contributed by atoms with van der Waals surface area (Å²) in [6, 6.07) is 10.8. The number of anilines is 1. The molecular formula is C21H24N4O2. The fourth-order valence-corrected chi connectivity index (χ4v) is 4.10. The van der Waals surface area contributed by atoms with Crippen LogP contribution in [0.1, 0.15) is 35.4 Å². The smallest absolute Gasteiger partial charge is 0.158 e. The summed E-state index contributed by atoms with van der Waals surface area (Å²) in [5.74, 6) is 0.849. The Balaban J connectivity index is 1.29. The molecule has 0 bridgehead atoms. The van der Waals surface area contributed by atoms with Crippen molar-refractivity contribution in [1.29, 1.82) is 0 Å². The second-order valence-corrected chi connectivity index (χ2v) is 7.78. The highest BCUT2D eigenvalue weighted by atomic mass is 16.6. The van der Waals surface area contributed by atoms with Gasteiger partial charge in [-0.2, -0.15) is 5.10 Å². The van der Waals surface area contributed by atoms with Gasteiger partial charge in [-0.3, -0.25) is 4.68 Å². The lowest BCUT2D eigenvalue weighted by Gasteiger charge is -2.17. The number of hydrogen-bond acceptors (Lipinski definition) is 5. The van der Waals surface area contributed by atoms with E-state index in [1.807, 2.05) is 24.7 Å². The maximum absolute atomic E-state index is 6.13. The molecule has 3 aromatic rings. The molecule has 3 heterocycles. The fraction of sp³-hybridized carbons (Fsp3) is 0.429. The number of hydrogen-bond donors (Lipinski definition) is 0. The monoisotopic (exact) mass is 364 g/mol. The van der Waals surface area contributed by atoms with Crippen LogP contribution in [0, 0.1) is 13.8 Å². The lowest BCUT2D eigenvalue weighted by Crippen LogP contribution is -2.27. The largest absolute Gasteiger partial charge is 0.361 e. The van der Waals surface area contributed by atoms with Gasteiger partial charge in [0.15, 0.2) is 6.23 Å². The number of rotatable bonds is 6. The Morgan fingerprint density at radius 2 is 2.00 bits per heavy atom. The Morgan fingerprint density at radius 3 is 2.67 bits per heavy atom. The molecule has 140 valence electrons. The molecule has 1 saturated heterocycles. The zero-order valence-corrected chi connectivity index (χ0v) is 15.9. The van der Waals surface area contributed by atoms with Gasteiger partial charge in [0.05, 0.1) is 24.1 Å². The molecule has 0 spiro atoms. The molecule has 6 nitrogen and oxygen atoms in total. The van der Waals surface area contributed by atoms with E-state index in [0.29, 0.717) is 6.54 Å². The average Bonchev–Trinajstić information content (AvgIpc) is 3.58. The van der Waals surface area contributed by atoms with E-state index in [9.17, 15) is 0 Å². The number of benzene rings is 1. The highest BCUT2D eigenvalue weighted by molar-refractivity contribution is 5.46. The molecule has 27 heavy (non-hydrogen) atoms. The van der Waals surface area contributed by atoms with E-state index in [0.717, 1.165) is 22.7 Å². The van der Waals surface area contributed by atoms with Crippen LogP contribution in [0.15, 0.2) is 47.2 Å². The van der Waals surface area contributed by atoms with E-state index in [2.05, 4.69) is 58.7 Å². The molecule has 2 aliphatic rings. The van der Waals surface area contributed by atoms with Gasteiger partial charge >= 0.3 is 0 Å². The van der Waals surface area contributed by atoms with Crippen molar-refractivity contribution < 1.29 is 9.26 Å². The molecule has 1 aliphatic carbocycles. The predicted molar refractivity (Wildman–Crippen MR) is 102 cm³/mol. The van der Waals surface area contributed by atoms with Gasteiger partial charge in [-0.15, -0.1) is 0 Å². The van der Waals surface area contributed by atoms with E-state index in [4.69, 9.17) is 9.26 Å². The molecule has 2 aromatic heterocycles. The van der Waals surface area contributed by atoms with Crippen molar-refractivity contribution in [1.82, 2.24) is 14.9 Å². The van der Waals surface area contributed by atoms with Crippen molar-refractivity contribution in [3.63, 3.8) is 0 Å². The van der Waals surface area contributed by atoms with E-state index in [1.165, 1.54) is 18.4 Å². The van der Waals surface area contributed by atoms with Gasteiger partial charge in [0.1, 0.15) is 11.9 Å². The van der Waals surface area contributed by atoms with Crippen LogP contribution in [-0.2, 0) is 16.7 Å². The molecule has 6 heteroatoms. The molecule has 1 aliphatic heterocycles. The van der Waals surface area contributed by atoms with E-state index >= 15 is 0 Å². The number of ether oxygens (including phenoxy) is 1. The van der Waals surface area contributed by atoms with Gasteiger partial charge in [0, 0.05) is 24.2 Å². The average molecular weight is 364 g/mol. The zero-order valence-electron chi connectivity index (χ0n) is 15.9. The van der Waals surface area contributed by atoms with Crippen molar-refractivity contribution in [2.45, 2.75) is 51.0 Å². The number of aromatic nitrogens is 3. The van der Waals surface area contributed by atoms with Gasteiger partial charge in [0.25, 0.3) is 0 Å². The van der Waals surface area contributed by atoms with E-state index < -0.39 is 0 Å². The van der Waals surface area contributed by atoms with Crippen molar-refractivity contribution >= 4 is 5.69 Å². The molecule has 0 amide bonds. The van der Waals surface area contributed by atoms with Crippen molar-refractivity contribution in [2.24, 2.45) is 0 Å². The molecule has 5 rings (SSSR count). The third-order valence-electron chi connectivity index (χ3n) is 6.06. The minimum atomic E-state index is 0.115. The summed E-state index contributed by atoms with van der Waals surface area (Å²) in [5.41, 5.74) is 4.68. The number of likely N-dealkylation sites (N-methyl/N-ethyl adjacent to an activating group) is 1. The van der Waals surface area contributed by atoms with Crippen LogP contribution in [0.4, 0.5) is 5.69 Å². The summed E-state index contributed by atoms with van der Waals surface area (Å²) in [5, 5.41) is 8.53. The fourth-order valence-electron chi connectivity index (χ4n) is 4.10. The Kier molecular flexibility index (Phi) is 3.65. The van der Waals surface area contributed by atoms with Gasteiger partial charge in [-0.05, 0) is 32.3 Å². The first-order chi connectivity index (χ1) is 13.1. The second-order valence-electron chi connectivity index (χ2n) is 7.78. The van der Waals surface area contributed by atoms with Crippen LogP contribution in [0.5, 0.6) is 0 Å². The van der Waals surface area contributed by atoms with Crippen molar-refractivity contribution in [3.8, 4) is 0 Å². The lowest BCUT2D eigenvalue weighted by molar-refractivity contribution is 0.339. The SMILES string of the molecule is Cc1noc(C)c1Cn1cc(N(C)C2OC2C2(c3ccccc3)CC2)cn1. The van der Waals surface area contributed by atoms with Gasteiger partial charge < -0.3 is 14.2 Å². The summed E-state index contributed by atoms with van der Waals surface area (Å²) in [6.07, 6.45) is 6.75. The number of aryl methyl sites for hydroxylation is 2. The third kappa shape index (κ3) is 2.75. The van der Waals surface area contributed by atoms with Crippen molar-refractivity contribution in [3.05, 3.63) is 65.3 Å². The van der Waals surface area contributed by atoms with Crippen LogP contribution >= 0.6 is 0 Å². The van der Waals surface area contributed by atoms with Crippen LogP contribution < -0.4 is 4.90 Å². The quantitative estimate of drug-likeness (QED) is 0.627. The van der Waals surface area contributed by atoms with Crippen LogP contribution in [0.2, 0.25) is 0 Å². The molecule has 1 saturated carbocycles. The maximum Gasteiger partial charge on any atom is 0.158 e. The Bertz CT molecular complexity index is 938. The molecule has 0 N–H and O–H groups in total. The van der Waals surface area contributed by atoms with E-state index in [1.54, 1.807) is 0 Å². The number of nitrogens with zero attached hydrogens (tertiary/aromatic N) is 4. The number of epoxide rings is 1. The maximum atomic E-state index is 6.13. The zero-order chi connectivity index (χ0) is 18.6. The standard InChI is InChI=1S/C21H24N4O2/c1-14-18(15(2)27-23-14)13-25-12-17(11-22-25)24(3)20-19(26-20)21(9-10-21)16-7-5-4-6-8-16/h4-8,11-12,19-20H,9-10,13H2,1-3H3. The summed E-state index contributed by atoms with van der Waals surface area (Å²) < 4.78 is 13.3. The molecule has 0 radical (unpaired) electrons. The Labute approximate surface area is 158 Å². The first kappa shape index (κ1) is 16.6. The highest BCUT2D eigenvalue weighted by Gasteiger charge is 2.63. The summed E-state index contributed by atoms with van der Waals surface area (Å²) in [4.78, 5) is 2.20. The van der Waals surface area contributed by atoms with Gasteiger partial charge in [-0.25, -0.2) is 0 Å². The third-order valence-corrected chi connectivity index (χ3v) is 6.06. The van der Waals surface area contributed by atoms with Gasteiger partial charge in [-0.1, -0.05) is 35.5 Å². The summed E-state index contributed by atoms with van der Waals surface area (Å²) >= 11 is 0. The Morgan fingerprint density at radius 1 is 1.22 bits per heavy atom. The first-order valence-corrected chi connectivity index (χ1v) is 9.46. The lowest BCUT2D eigenvalue weighted by atomic mass is 9.92. The minimum absolute atomic E-state index is 0.115. The second kappa shape index (κ2) is 5.96. The highest BCUT2D eigenvalue weighted by Crippen LogP contribution is 2.58. The van der Waals surface area contributed by atoms with E-state index in [-0.39, 0.29) is 17.7 Å². The molecule has 2 atom stereocenters.